The Morgan fingerprint density at radius 1 is 1.29 bits per heavy atom. The second-order valence-electron chi connectivity index (χ2n) is 4.94. The van der Waals surface area contributed by atoms with E-state index in [2.05, 4.69) is 17.7 Å². The van der Waals surface area contributed by atoms with Crippen LogP contribution in [-0.4, -0.2) is 36.2 Å². The largest absolute Gasteiger partial charge is 0.381 e. The van der Waals surface area contributed by atoms with E-state index in [0.717, 1.165) is 45.7 Å². The molecule has 0 aliphatic carbocycles. The van der Waals surface area contributed by atoms with Gasteiger partial charge in [-0.2, -0.15) is 5.10 Å². The summed E-state index contributed by atoms with van der Waals surface area (Å²) in [6.45, 7) is 5.59. The van der Waals surface area contributed by atoms with Crippen LogP contribution in [0.25, 0.3) is 0 Å². The average molecular weight is 236 g/mol. The summed E-state index contributed by atoms with van der Waals surface area (Å²) in [5.74, 6) is 0.504. The summed E-state index contributed by atoms with van der Waals surface area (Å²) in [7, 11) is 0. The highest BCUT2D eigenvalue weighted by molar-refractivity contribution is 5.16. The Labute approximate surface area is 102 Å². The zero-order valence-corrected chi connectivity index (χ0v) is 10.4. The molecule has 17 heavy (non-hydrogen) atoms. The van der Waals surface area contributed by atoms with Gasteiger partial charge in [0, 0.05) is 24.8 Å². The molecule has 4 heteroatoms. The molecule has 0 aromatic carbocycles. The summed E-state index contributed by atoms with van der Waals surface area (Å²) < 4.78 is 13.1. The quantitative estimate of drug-likeness (QED) is 0.804. The van der Waals surface area contributed by atoms with Gasteiger partial charge in [0.25, 0.3) is 0 Å². The highest BCUT2D eigenvalue weighted by atomic mass is 16.5. The third-order valence-electron chi connectivity index (χ3n) is 3.79. The summed E-state index contributed by atoms with van der Waals surface area (Å²) in [5.41, 5.74) is 2.55. The van der Waals surface area contributed by atoms with Crippen LogP contribution >= 0.6 is 0 Å². The standard InChI is InChI=1S/C13H20N2O2/c1-2-11-7-13(10-3-5-16-8-10)14-15(11)12-4-6-17-9-12/h7,10,12H,2-6,8-9H2,1H3. The van der Waals surface area contributed by atoms with Crippen LogP contribution in [0.3, 0.4) is 0 Å². The van der Waals surface area contributed by atoms with Gasteiger partial charge in [0.1, 0.15) is 0 Å². The average Bonchev–Trinajstić information content (AvgIpc) is 3.09. The van der Waals surface area contributed by atoms with Crippen LogP contribution in [-0.2, 0) is 15.9 Å². The summed E-state index contributed by atoms with van der Waals surface area (Å²) in [6.07, 6.45) is 3.24. The predicted molar refractivity (Wildman–Crippen MR) is 64.3 cm³/mol. The third-order valence-corrected chi connectivity index (χ3v) is 3.79. The Morgan fingerprint density at radius 2 is 2.12 bits per heavy atom. The molecule has 0 saturated carbocycles. The van der Waals surface area contributed by atoms with Crippen molar-refractivity contribution in [2.75, 3.05) is 26.4 Å². The first-order chi connectivity index (χ1) is 8.38. The van der Waals surface area contributed by atoms with E-state index in [1.807, 2.05) is 0 Å². The number of rotatable bonds is 3. The maximum atomic E-state index is 5.46. The van der Waals surface area contributed by atoms with Crippen molar-refractivity contribution in [3.05, 3.63) is 17.5 Å². The van der Waals surface area contributed by atoms with Crippen molar-refractivity contribution in [2.24, 2.45) is 0 Å². The van der Waals surface area contributed by atoms with Gasteiger partial charge >= 0.3 is 0 Å². The van der Waals surface area contributed by atoms with Gasteiger partial charge in [-0.3, -0.25) is 4.68 Å². The Kier molecular flexibility index (Phi) is 3.16. The van der Waals surface area contributed by atoms with Gasteiger partial charge in [-0.15, -0.1) is 0 Å². The molecule has 2 atom stereocenters. The smallest absolute Gasteiger partial charge is 0.0777 e. The molecule has 3 rings (SSSR count). The lowest BCUT2D eigenvalue weighted by atomic mass is 10.1. The van der Waals surface area contributed by atoms with E-state index >= 15 is 0 Å². The molecule has 0 radical (unpaired) electrons. The lowest BCUT2D eigenvalue weighted by molar-refractivity contribution is 0.183. The van der Waals surface area contributed by atoms with Crippen molar-refractivity contribution in [1.29, 1.82) is 0 Å². The zero-order valence-electron chi connectivity index (χ0n) is 10.4. The fourth-order valence-electron chi connectivity index (χ4n) is 2.72. The minimum Gasteiger partial charge on any atom is -0.381 e. The molecule has 1 aromatic rings. The molecule has 2 fully saturated rings. The monoisotopic (exact) mass is 236 g/mol. The number of hydrogen-bond acceptors (Lipinski definition) is 3. The lowest BCUT2D eigenvalue weighted by Crippen LogP contribution is -2.13. The van der Waals surface area contributed by atoms with Crippen molar-refractivity contribution >= 4 is 0 Å². The second-order valence-corrected chi connectivity index (χ2v) is 4.94. The fourth-order valence-corrected chi connectivity index (χ4v) is 2.72. The highest BCUT2D eigenvalue weighted by Crippen LogP contribution is 2.28. The van der Waals surface area contributed by atoms with Gasteiger partial charge in [0.05, 0.1) is 24.9 Å². The van der Waals surface area contributed by atoms with E-state index in [1.54, 1.807) is 0 Å². The van der Waals surface area contributed by atoms with Crippen LogP contribution in [0, 0.1) is 0 Å². The minimum atomic E-state index is 0.445. The van der Waals surface area contributed by atoms with Gasteiger partial charge in [-0.1, -0.05) is 6.92 Å². The highest BCUT2D eigenvalue weighted by Gasteiger charge is 2.25. The molecular weight excluding hydrogens is 216 g/mol. The van der Waals surface area contributed by atoms with E-state index in [9.17, 15) is 0 Å². The minimum absolute atomic E-state index is 0.445. The molecule has 94 valence electrons. The molecule has 2 unspecified atom stereocenters. The fraction of sp³-hybridized carbons (Fsp3) is 0.769. The Balaban J connectivity index is 1.85. The van der Waals surface area contributed by atoms with Crippen LogP contribution in [0.5, 0.6) is 0 Å². The molecule has 0 N–H and O–H groups in total. The van der Waals surface area contributed by atoms with E-state index in [-0.39, 0.29) is 0 Å². The van der Waals surface area contributed by atoms with E-state index in [0.29, 0.717) is 12.0 Å². The molecule has 0 bridgehead atoms. The molecule has 1 aromatic heterocycles. The lowest BCUT2D eigenvalue weighted by Gasteiger charge is -2.11. The summed E-state index contributed by atoms with van der Waals surface area (Å²) in [4.78, 5) is 0. The maximum Gasteiger partial charge on any atom is 0.0777 e. The number of aryl methyl sites for hydroxylation is 1. The molecule has 4 nitrogen and oxygen atoms in total. The van der Waals surface area contributed by atoms with Crippen molar-refractivity contribution in [1.82, 2.24) is 9.78 Å². The number of aromatic nitrogens is 2. The van der Waals surface area contributed by atoms with Gasteiger partial charge < -0.3 is 9.47 Å². The van der Waals surface area contributed by atoms with E-state index in [4.69, 9.17) is 14.6 Å². The topological polar surface area (TPSA) is 36.3 Å². The molecule has 2 saturated heterocycles. The first-order valence-corrected chi connectivity index (χ1v) is 6.62. The molecule has 2 aliphatic rings. The summed E-state index contributed by atoms with van der Waals surface area (Å²) in [6, 6.07) is 2.71. The number of ether oxygens (including phenoxy) is 2. The van der Waals surface area contributed by atoms with Gasteiger partial charge in [0.2, 0.25) is 0 Å². The van der Waals surface area contributed by atoms with Crippen molar-refractivity contribution in [2.45, 2.75) is 38.1 Å². The Bertz CT molecular complexity index is 377. The van der Waals surface area contributed by atoms with Crippen molar-refractivity contribution in [3.63, 3.8) is 0 Å². The van der Waals surface area contributed by atoms with Crippen LogP contribution in [0.2, 0.25) is 0 Å². The zero-order chi connectivity index (χ0) is 11.7. The van der Waals surface area contributed by atoms with E-state index in [1.165, 1.54) is 11.4 Å². The molecule has 3 heterocycles. The first kappa shape index (κ1) is 11.2. The SMILES string of the molecule is CCc1cc(C2CCOC2)nn1C1CCOC1. The Morgan fingerprint density at radius 3 is 2.76 bits per heavy atom. The predicted octanol–water partition coefficient (Wildman–Crippen LogP) is 1.91. The molecular formula is C13H20N2O2. The van der Waals surface area contributed by atoms with Crippen molar-refractivity contribution in [3.8, 4) is 0 Å². The van der Waals surface area contributed by atoms with Crippen LogP contribution in [0.1, 0.15) is 43.1 Å². The van der Waals surface area contributed by atoms with Crippen molar-refractivity contribution < 1.29 is 9.47 Å². The van der Waals surface area contributed by atoms with Gasteiger partial charge in [-0.05, 0) is 25.3 Å². The van der Waals surface area contributed by atoms with Crippen LogP contribution in [0.15, 0.2) is 6.07 Å². The number of nitrogens with zero attached hydrogens (tertiary/aromatic N) is 2. The van der Waals surface area contributed by atoms with E-state index < -0.39 is 0 Å². The normalized spacial score (nSPS) is 29.0. The molecule has 0 amide bonds. The second kappa shape index (κ2) is 4.78. The summed E-state index contributed by atoms with van der Waals surface area (Å²) >= 11 is 0. The Hall–Kier alpha value is -0.870. The summed E-state index contributed by atoms with van der Waals surface area (Å²) in [5, 5.41) is 4.80. The number of hydrogen-bond donors (Lipinski definition) is 0. The molecule has 0 spiro atoms. The maximum absolute atomic E-state index is 5.46. The van der Waals surface area contributed by atoms with Crippen LogP contribution < -0.4 is 0 Å². The van der Waals surface area contributed by atoms with Gasteiger partial charge in [-0.25, -0.2) is 0 Å². The third kappa shape index (κ3) is 2.11. The first-order valence-electron chi connectivity index (χ1n) is 6.62. The van der Waals surface area contributed by atoms with Crippen LogP contribution in [0.4, 0.5) is 0 Å². The van der Waals surface area contributed by atoms with Gasteiger partial charge in [0.15, 0.2) is 0 Å². The molecule has 2 aliphatic heterocycles.